The normalized spacial score (nSPS) is 14.3. The smallest absolute Gasteiger partial charge is 0.165 e. The van der Waals surface area contributed by atoms with Crippen molar-refractivity contribution in [1.29, 1.82) is 0 Å². The second kappa shape index (κ2) is 4.80. The maximum absolute atomic E-state index is 11.4. The summed E-state index contributed by atoms with van der Waals surface area (Å²) in [6, 6.07) is 9.54. The van der Waals surface area contributed by atoms with E-state index in [0.29, 0.717) is 11.7 Å². The Bertz CT molecular complexity index is 260. The molecule has 0 atom stereocenters. The number of carbonyl (C=O) groups is 1. The Morgan fingerprint density at radius 1 is 1.15 bits per heavy atom. The van der Waals surface area contributed by atoms with E-state index in [0.717, 1.165) is 18.4 Å². The van der Waals surface area contributed by atoms with E-state index in [9.17, 15) is 4.79 Å². The summed E-state index contributed by atoms with van der Waals surface area (Å²) in [4.78, 5) is 11.4. The van der Waals surface area contributed by atoms with Gasteiger partial charge in [-0.05, 0) is 12.8 Å². The van der Waals surface area contributed by atoms with Crippen molar-refractivity contribution in [1.82, 2.24) is 0 Å². The standard InChI is InChI=1S/C10H10O.C2H6/c11-10(9-6-7-9)8-4-2-1-3-5-8;1-2/h1-5,9H,6-7H2;1-2H3. The van der Waals surface area contributed by atoms with Crippen LogP contribution in [0.25, 0.3) is 0 Å². The summed E-state index contributed by atoms with van der Waals surface area (Å²) in [5.74, 6) is 0.669. The maximum Gasteiger partial charge on any atom is 0.165 e. The summed E-state index contributed by atoms with van der Waals surface area (Å²) < 4.78 is 0. The number of carbonyl (C=O) groups excluding carboxylic acids is 1. The summed E-state index contributed by atoms with van der Waals surface area (Å²) >= 11 is 0. The molecule has 1 saturated carbocycles. The van der Waals surface area contributed by atoms with Gasteiger partial charge in [-0.2, -0.15) is 0 Å². The Morgan fingerprint density at radius 2 is 1.69 bits per heavy atom. The molecule has 70 valence electrons. The summed E-state index contributed by atoms with van der Waals surface area (Å²) in [5, 5.41) is 0. The molecular weight excluding hydrogens is 160 g/mol. The number of hydrogen-bond donors (Lipinski definition) is 0. The number of rotatable bonds is 2. The first-order valence-corrected chi connectivity index (χ1v) is 4.97. The average molecular weight is 176 g/mol. The van der Waals surface area contributed by atoms with Crippen LogP contribution in [0.4, 0.5) is 0 Å². The fraction of sp³-hybridized carbons (Fsp3) is 0.417. The number of ketones is 1. The lowest BCUT2D eigenvalue weighted by atomic mass is 10.1. The molecule has 0 amide bonds. The first-order chi connectivity index (χ1) is 6.38. The Balaban J connectivity index is 0.000000396. The van der Waals surface area contributed by atoms with Crippen LogP contribution in [0.3, 0.4) is 0 Å². The molecule has 0 aliphatic heterocycles. The largest absolute Gasteiger partial charge is 0.294 e. The first kappa shape index (κ1) is 9.97. The lowest BCUT2D eigenvalue weighted by Crippen LogP contribution is -1.99. The van der Waals surface area contributed by atoms with Crippen LogP contribution in [0.5, 0.6) is 0 Å². The highest BCUT2D eigenvalue weighted by Crippen LogP contribution is 2.32. The van der Waals surface area contributed by atoms with Crippen LogP contribution in [0.1, 0.15) is 37.0 Å². The second-order valence-corrected chi connectivity index (χ2v) is 3.00. The molecule has 0 unspecified atom stereocenters. The van der Waals surface area contributed by atoms with Crippen LogP contribution < -0.4 is 0 Å². The molecule has 13 heavy (non-hydrogen) atoms. The zero-order valence-electron chi connectivity index (χ0n) is 8.29. The molecule has 1 aliphatic rings. The predicted molar refractivity (Wildman–Crippen MR) is 54.8 cm³/mol. The van der Waals surface area contributed by atoms with Crippen molar-refractivity contribution < 1.29 is 4.79 Å². The van der Waals surface area contributed by atoms with E-state index in [1.807, 2.05) is 44.2 Å². The number of benzene rings is 1. The maximum atomic E-state index is 11.4. The topological polar surface area (TPSA) is 17.1 Å². The van der Waals surface area contributed by atoms with Gasteiger partial charge in [0, 0.05) is 11.5 Å². The highest BCUT2D eigenvalue weighted by atomic mass is 16.1. The van der Waals surface area contributed by atoms with Crippen LogP contribution in [-0.2, 0) is 0 Å². The van der Waals surface area contributed by atoms with Gasteiger partial charge >= 0.3 is 0 Å². The fourth-order valence-corrected chi connectivity index (χ4v) is 1.18. The minimum atomic E-state index is 0.325. The SMILES string of the molecule is CC.O=C(c1ccccc1)C1CC1. The first-order valence-electron chi connectivity index (χ1n) is 4.97. The zero-order valence-corrected chi connectivity index (χ0v) is 8.29. The predicted octanol–water partition coefficient (Wildman–Crippen LogP) is 3.31. The van der Waals surface area contributed by atoms with E-state index in [1.165, 1.54) is 0 Å². The van der Waals surface area contributed by atoms with Gasteiger partial charge in [-0.1, -0.05) is 44.2 Å². The monoisotopic (exact) mass is 176 g/mol. The third kappa shape index (κ3) is 2.69. The Kier molecular flexibility index (Phi) is 3.69. The molecule has 1 aliphatic carbocycles. The van der Waals surface area contributed by atoms with Crippen molar-refractivity contribution in [2.24, 2.45) is 5.92 Å². The van der Waals surface area contributed by atoms with Crippen LogP contribution in [0, 0.1) is 5.92 Å². The van der Waals surface area contributed by atoms with Gasteiger partial charge in [-0.3, -0.25) is 4.79 Å². The van der Waals surface area contributed by atoms with Crippen molar-refractivity contribution in [2.75, 3.05) is 0 Å². The second-order valence-electron chi connectivity index (χ2n) is 3.00. The average Bonchev–Trinajstić information content (AvgIpc) is 3.05. The highest BCUT2D eigenvalue weighted by Gasteiger charge is 2.29. The quantitative estimate of drug-likeness (QED) is 0.632. The van der Waals surface area contributed by atoms with E-state index in [2.05, 4.69) is 0 Å². The van der Waals surface area contributed by atoms with Gasteiger partial charge < -0.3 is 0 Å². The molecule has 1 aromatic rings. The van der Waals surface area contributed by atoms with Gasteiger partial charge in [0.1, 0.15) is 0 Å². The molecule has 0 heterocycles. The van der Waals surface area contributed by atoms with Gasteiger partial charge in [0.15, 0.2) is 5.78 Å². The minimum absolute atomic E-state index is 0.325. The molecule has 2 rings (SSSR count). The molecule has 0 N–H and O–H groups in total. The highest BCUT2D eigenvalue weighted by molar-refractivity contribution is 5.99. The van der Waals surface area contributed by atoms with Gasteiger partial charge in [0.05, 0.1) is 0 Å². The van der Waals surface area contributed by atoms with Gasteiger partial charge in [-0.25, -0.2) is 0 Å². The number of Topliss-reactive ketones (excluding diaryl/α,β-unsaturated/α-hetero) is 1. The molecular formula is C12H16O. The van der Waals surface area contributed by atoms with E-state index in [1.54, 1.807) is 0 Å². The van der Waals surface area contributed by atoms with Gasteiger partial charge in [0.25, 0.3) is 0 Å². The van der Waals surface area contributed by atoms with Crippen LogP contribution in [0.15, 0.2) is 30.3 Å². The molecule has 0 aromatic heterocycles. The summed E-state index contributed by atoms with van der Waals surface area (Å²) in [6.45, 7) is 4.00. The van der Waals surface area contributed by atoms with Crippen LogP contribution >= 0.6 is 0 Å². The Labute approximate surface area is 79.8 Å². The Morgan fingerprint density at radius 3 is 2.15 bits per heavy atom. The van der Waals surface area contributed by atoms with Gasteiger partial charge in [0.2, 0.25) is 0 Å². The zero-order chi connectivity index (χ0) is 9.68. The lowest BCUT2D eigenvalue weighted by Gasteiger charge is -1.95. The van der Waals surface area contributed by atoms with Crippen molar-refractivity contribution in [3.8, 4) is 0 Å². The van der Waals surface area contributed by atoms with Gasteiger partial charge in [-0.15, -0.1) is 0 Å². The van der Waals surface area contributed by atoms with Crippen LogP contribution in [-0.4, -0.2) is 5.78 Å². The molecule has 0 bridgehead atoms. The molecule has 1 aromatic carbocycles. The third-order valence-electron chi connectivity index (χ3n) is 2.01. The van der Waals surface area contributed by atoms with Crippen molar-refractivity contribution in [3.05, 3.63) is 35.9 Å². The van der Waals surface area contributed by atoms with E-state index >= 15 is 0 Å². The molecule has 1 heteroatoms. The fourth-order valence-electron chi connectivity index (χ4n) is 1.18. The van der Waals surface area contributed by atoms with E-state index < -0.39 is 0 Å². The van der Waals surface area contributed by atoms with E-state index in [-0.39, 0.29) is 0 Å². The lowest BCUT2D eigenvalue weighted by molar-refractivity contribution is 0.0967. The number of hydrogen-bond acceptors (Lipinski definition) is 1. The van der Waals surface area contributed by atoms with Crippen molar-refractivity contribution in [3.63, 3.8) is 0 Å². The molecule has 0 saturated heterocycles. The van der Waals surface area contributed by atoms with E-state index in [4.69, 9.17) is 0 Å². The third-order valence-corrected chi connectivity index (χ3v) is 2.01. The molecule has 0 spiro atoms. The summed E-state index contributed by atoms with van der Waals surface area (Å²) in [7, 11) is 0. The van der Waals surface area contributed by atoms with Crippen molar-refractivity contribution >= 4 is 5.78 Å². The minimum Gasteiger partial charge on any atom is -0.294 e. The Hall–Kier alpha value is -1.11. The molecule has 0 radical (unpaired) electrons. The van der Waals surface area contributed by atoms with Crippen LogP contribution in [0.2, 0.25) is 0 Å². The molecule has 1 fully saturated rings. The van der Waals surface area contributed by atoms with Crippen molar-refractivity contribution in [2.45, 2.75) is 26.7 Å². The summed E-state index contributed by atoms with van der Waals surface area (Å²) in [6.07, 6.45) is 2.18. The molecule has 1 nitrogen and oxygen atoms in total. The summed E-state index contributed by atoms with van der Waals surface area (Å²) in [5.41, 5.74) is 0.870.